The third-order valence-corrected chi connectivity index (χ3v) is 15.1. The Morgan fingerprint density at radius 2 is 1.65 bits per heavy atom. The van der Waals surface area contributed by atoms with Crippen LogP contribution in [0.25, 0.3) is 0 Å². The van der Waals surface area contributed by atoms with Gasteiger partial charge in [-0.3, -0.25) is 4.79 Å². The van der Waals surface area contributed by atoms with E-state index in [-0.39, 0.29) is 46.5 Å². The van der Waals surface area contributed by atoms with Crippen molar-refractivity contribution >= 4 is 5.97 Å². The van der Waals surface area contributed by atoms with Crippen LogP contribution in [0.1, 0.15) is 86.0 Å². The lowest BCUT2D eigenvalue weighted by atomic mass is 9.33. The van der Waals surface area contributed by atoms with Gasteiger partial charge in [0.25, 0.3) is 0 Å². The molecule has 0 aromatic heterocycles. The number of carbonyl (C=O) groups excluding carboxylic acids is 1. The van der Waals surface area contributed by atoms with E-state index >= 15 is 0 Å². The van der Waals surface area contributed by atoms with Gasteiger partial charge in [-0.1, -0.05) is 58.4 Å². The highest BCUT2D eigenvalue weighted by Gasteiger charge is 2.71. The lowest BCUT2D eigenvalue weighted by molar-refractivity contribution is -0.297. The van der Waals surface area contributed by atoms with Gasteiger partial charge in [0, 0.05) is 11.3 Å². The van der Waals surface area contributed by atoms with Crippen LogP contribution in [0.2, 0.25) is 0 Å². The van der Waals surface area contributed by atoms with Crippen LogP contribution in [0.3, 0.4) is 0 Å². The van der Waals surface area contributed by atoms with Crippen molar-refractivity contribution in [3.8, 4) is 0 Å². The molecule has 260 valence electrons. The van der Waals surface area contributed by atoms with Crippen LogP contribution in [0, 0.1) is 50.7 Å². The van der Waals surface area contributed by atoms with Gasteiger partial charge in [-0.05, 0) is 85.4 Å². The molecule has 0 radical (unpaired) electrons. The van der Waals surface area contributed by atoms with E-state index in [2.05, 4.69) is 40.3 Å². The number of hydrogen-bond donors (Lipinski definition) is 7. The molecule has 6 aliphatic rings. The van der Waals surface area contributed by atoms with Crippen molar-refractivity contribution in [3.63, 3.8) is 0 Å². The van der Waals surface area contributed by atoms with Crippen molar-refractivity contribution in [2.45, 2.75) is 129 Å². The fourth-order valence-corrected chi connectivity index (χ4v) is 11.9. The summed E-state index contributed by atoms with van der Waals surface area (Å²) in [6, 6.07) is 0. The Labute approximate surface area is 272 Å². The third-order valence-electron chi connectivity index (χ3n) is 15.1. The quantitative estimate of drug-likeness (QED) is 0.177. The minimum atomic E-state index is -1.67. The second-order valence-corrected chi connectivity index (χ2v) is 16.9. The number of rotatable bonds is 4. The highest BCUT2D eigenvalue weighted by atomic mass is 16.7. The number of allylic oxidation sites excluding steroid dienone is 3. The highest BCUT2D eigenvalue weighted by Crippen LogP contribution is 2.75. The van der Waals surface area contributed by atoms with Crippen molar-refractivity contribution in [2.24, 2.45) is 50.7 Å². The minimum Gasteiger partial charge on any atom is -0.432 e. The maximum atomic E-state index is 14.4. The van der Waals surface area contributed by atoms with Crippen LogP contribution in [-0.4, -0.2) is 97.8 Å². The molecule has 5 aliphatic carbocycles. The van der Waals surface area contributed by atoms with Gasteiger partial charge in [-0.25, -0.2) is 0 Å². The summed E-state index contributed by atoms with van der Waals surface area (Å²) in [5.41, 5.74) is -0.363. The zero-order valence-corrected chi connectivity index (χ0v) is 28.1. The topological polar surface area (TPSA) is 177 Å². The molecular weight excluding hydrogens is 592 g/mol. The molecule has 0 unspecified atom stereocenters. The molecule has 1 aliphatic heterocycles. The van der Waals surface area contributed by atoms with Gasteiger partial charge >= 0.3 is 5.97 Å². The van der Waals surface area contributed by atoms with Gasteiger partial charge in [0.1, 0.15) is 24.4 Å². The van der Waals surface area contributed by atoms with E-state index in [0.717, 1.165) is 37.7 Å². The molecule has 1 saturated heterocycles. The molecule has 6 rings (SSSR count). The van der Waals surface area contributed by atoms with E-state index in [1.807, 2.05) is 6.92 Å². The van der Waals surface area contributed by atoms with E-state index < -0.39 is 66.3 Å². The molecule has 4 saturated carbocycles. The first kappa shape index (κ1) is 34.5. The van der Waals surface area contributed by atoms with E-state index in [0.29, 0.717) is 19.3 Å². The van der Waals surface area contributed by atoms with E-state index in [1.54, 1.807) is 0 Å². The minimum absolute atomic E-state index is 0.0425. The summed E-state index contributed by atoms with van der Waals surface area (Å²) in [6.07, 6.45) is -1.67. The third kappa shape index (κ3) is 4.40. The molecule has 0 bridgehead atoms. The van der Waals surface area contributed by atoms with Crippen LogP contribution >= 0.6 is 0 Å². The van der Waals surface area contributed by atoms with E-state index in [1.165, 1.54) is 5.57 Å². The standard InChI is InChI=1S/C36H56O10/c1-18-9-12-36(31(44)46-30-28(42)27(41)26(40)22(16-37)45-30)14-13-34(5)20(25(36)19(18)2)7-8-24-32(3)15-21(39)29(43)33(4,17-38)23(32)10-11-35(24,34)6/h7,18,21-30,37-43H,2,8-17H2,1,3-6H3/t18-,21-,22-,23-,24-,25-,26-,27+,28-,29+,30+,32+,33+,34-,35-,36+/m1/s1. The molecule has 0 spiro atoms. The Morgan fingerprint density at radius 3 is 2.30 bits per heavy atom. The van der Waals surface area contributed by atoms with Crippen molar-refractivity contribution in [2.75, 3.05) is 13.2 Å². The predicted octanol–water partition coefficient (Wildman–Crippen LogP) is 2.21. The number of esters is 1. The summed E-state index contributed by atoms with van der Waals surface area (Å²) in [7, 11) is 0. The number of aliphatic hydroxyl groups is 7. The van der Waals surface area contributed by atoms with Gasteiger partial charge in [0.05, 0.1) is 30.8 Å². The highest BCUT2D eigenvalue weighted by molar-refractivity contribution is 5.80. The van der Waals surface area contributed by atoms with Crippen molar-refractivity contribution in [1.82, 2.24) is 0 Å². The Bertz CT molecular complexity index is 1270. The molecule has 5 fully saturated rings. The lowest BCUT2D eigenvalue weighted by Crippen LogP contribution is -2.68. The van der Waals surface area contributed by atoms with Crippen molar-refractivity contribution in [1.29, 1.82) is 0 Å². The normalized spacial score (nSPS) is 55.3. The molecule has 16 atom stereocenters. The average molecular weight is 649 g/mol. The first-order valence-corrected chi connectivity index (χ1v) is 17.3. The molecule has 1 heterocycles. The number of hydrogen-bond acceptors (Lipinski definition) is 10. The van der Waals surface area contributed by atoms with Gasteiger partial charge in [-0.15, -0.1) is 0 Å². The number of aliphatic hydroxyl groups excluding tert-OH is 7. The molecule has 7 N–H and O–H groups in total. The van der Waals surface area contributed by atoms with Crippen LogP contribution in [-0.2, 0) is 14.3 Å². The fraction of sp³-hybridized carbons (Fsp3) is 0.861. The zero-order chi connectivity index (χ0) is 33.8. The summed E-state index contributed by atoms with van der Waals surface area (Å²) >= 11 is 0. The Balaban J connectivity index is 1.37. The fourth-order valence-electron chi connectivity index (χ4n) is 11.9. The van der Waals surface area contributed by atoms with Gasteiger partial charge in [0.2, 0.25) is 6.29 Å². The summed E-state index contributed by atoms with van der Waals surface area (Å²) in [5.74, 6) is -0.411. The first-order chi connectivity index (χ1) is 21.5. The molecule has 10 nitrogen and oxygen atoms in total. The van der Waals surface area contributed by atoms with E-state index in [9.17, 15) is 40.5 Å². The molecule has 46 heavy (non-hydrogen) atoms. The molecule has 0 amide bonds. The zero-order valence-electron chi connectivity index (χ0n) is 28.1. The average Bonchev–Trinajstić information content (AvgIpc) is 3.02. The van der Waals surface area contributed by atoms with Crippen molar-refractivity contribution in [3.05, 3.63) is 23.8 Å². The van der Waals surface area contributed by atoms with Crippen LogP contribution in [0.4, 0.5) is 0 Å². The lowest BCUT2D eigenvalue weighted by Gasteiger charge is -2.71. The van der Waals surface area contributed by atoms with Crippen molar-refractivity contribution < 1.29 is 50.0 Å². The smallest absolute Gasteiger partial charge is 0.315 e. The molecule has 0 aromatic carbocycles. The number of carbonyl (C=O) groups is 1. The van der Waals surface area contributed by atoms with Gasteiger partial charge in [0.15, 0.2) is 0 Å². The first-order valence-electron chi connectivity index (χ1n) is 17.3. The predicted molar refractivity (Wildman–Crippen MR) is 168 cm³/mol. The van der Waals surface area contributed by atoms with Gasteiger partial charge < -0.3 is 45.2 Å². The van der Waals surface area contributed by atoms with Crippen LogP contribution in [0.5, 0.6) is 0 Å². The Kier molecular flexibility index (Phi) is 8.50. The van der Waals surface area contributed by atoms with E-state index in [4.69, 9.17) is 9.47 Å². The number of ether oxygens (including phenoxy) is 2. The summed E-state index contributed by atoms with van der Waals surface area (Å²) in [5, 5.41) is 73.7. The molecule has 10 heteroatoms. The summed E-state index contributed by atoms with van der Waals surface area (Å²) in [6.45, 7) is 14.8. The molecule has 0 aromatic rings. The summed E-state index contributed by atoms with van der Waals surface area (Å²) < 4.78 is 11.5. The maximum Gasteiger partial charge on any atom is 0.315 e. The SMILES string of the molecule is C=C1[C@@H]2C3=CC[C@@H]4[C@@]5(C)C[C@@H](O)[C@H](O)[C@@](C)(CO)[C@@H]5CC[C@@]4(C)[C@]3(C)CC[C@@]2(C(=O)O[C@@H]2O[C@H](CO)[C@@H](O)[C@H](O)[C@H]2O)CC[C@H]1C. The maximum absolute atomic E-state index is 14.4. The largest absolute Gasteiger partial charge is 0.432 e. The van der Waals surface area contributed by atoms with Crippen LogP contribution < -0.4 is 0 Å². The molecular formula is C36H56O10. The number of fused-ring (bicyclic) bond motifs is 7. The second-order valence-electron chi connectivity index (χ2n) is 16.9. The monoisotopic (exact) mass is 648 g/mol. The summed E-state index contributed by atoms with van der Waals surface area (Å²) in [4.78, 5) is 14.4. The van der Waals surface area contributed by atoms with Gasteiger partial charge in [-0.2, -0.15) is 0 Å². The Hall–Kier alpha value is -1.37. The Morgan fingerprint density at radius 1 is 0.957 bits per heavy atom. The van der Waals surface area contributed by atoms with Crippen LogP contribution in [0.15, 0.2) is 23.8 Å². The second kappa shape index (κ2) is 11.3.